The van der Waals surface area contributed by atoms with Crippen molar-refractivity contribution in [1.82, 2.24) is 5.32 Å². The number of aryl methyl sites for hydroxylation is 1. The number of nitrogens with one attached hydrogen (secondary N) is 1. The van der Waals surface area contributed by atoms with Crippen LogP contribution in [-0.4, -0.2) is 11.9 Å². The highest BCUT2D eigenvalue weighted by Crippen LogP contribution is 2.15. The predicted octanol–water partition coefficient (Wildman–Crippen LogP) is 2.83. The molecule has 0 spiro atoms. The van der Waals surface area contributed by atoms with E-state index in [-0.39, 0.29) is 17.9 Å². The lowest BCUT2D eigenvalue weighted by Gasteiger charge is -2.12. The van der Waals surface area contributed by atoms with Crippen molar-refractivity contribution in [2.45, 2.75) is 52.6 Å². The van der Waals surface area contributed by atoms with Crippen molar-refractivity contribution in [3.8, 4) is 0 Å². The summed E-state index contributed by atoms with van der Waals surface area (Å²) in [6, 6.07) is 4.38. The molecule has 1 amide bonds. The molecule has 1 rings (SSSR count). The molecule has 0 bridgehead atoms. The van der Waals surface area contributed by atoms with E-state index in [0.29, 0.717) is 6.54 Å². The molecule has 2 unspecified atom stereocenters. The van der Waals surface area contributed by atoms with Crippen molar-refractivity contribution in [3.63, 3.8) is 0 Å². The van der Waals surface area contributed by atoms with Gasteiger partial charge in [-0.15, -0.1) is 11.3 Å². The Labute approximate surface area is 114 Å². The Hall–Kier alpha value is -0.870. The molecule has 0 fully saturated rings. The van der Waals surface area contributed by atoms with E-state index in [9.17, 15) is 4.79 Å². The Morgan fingerprint density at radius 1 is 1.39 bits per heavy atom. The maximum absolute atomic E-state index is 11.9. The van der Waals surface area contributed by atoms with Crippen LogP contribution < -0.4 is 11.1 Å². The van der Waals surface area contributed by atoms with Crippen LogP contribution in [0.2, 0.25) is 0 Å². The summed E-state index contributed by atoms with van der Waals surface area (Å²) in [7, 11) is 0. The van der Waals surface area contributed by atoms with Crippen LogP contribution in [0, 0.1) is 12.8 Å². The van der Waals surface area contributed by atoms with Crippen molar-refractivity contribution >= 4 is 17.2 Å². The fraction of sp³-hybridized carbons (Fsp3) is 0.643. The van der Waals surface area contributed by atoms with Gasteiger partial charge in [0, 0.05) is 21.7 Å². The highest BCUT2D eigenvalue weighted by atomic mass is 32.1. The normalized spacial score (nSPS) is 14.2. The zero-order valence-corrected chi connectivity index (χ0v) is 12.3. The molecular weight excluding hydrogens is 244 g/mol. The number of hydrogen-bond donors (Lipinski definition) is 2. The Bertz CT molecular complexity index is 374. The van der Waals surface area contributed by atoms with Crippen molar-refractivity contribution in [2.75, 3.05) is 0 Å². The number of rotatable bonds is 7. The van der Waals surface area contributed by atoms with Gasteiger partial charge in [0.25, 0.3) is 0 Å². The van der Waals surface area contributed by atoms with Crippen molar-refractivity contribution < 1.29 is 4.79 Å². The fourth-order valence-electron chi connectivity index (χ4n) is 1.81. The van der Waals surface area contributed by atoms with E-state index in [4.69, 9.17) is 5.73 Å². The number of carbonyl (C=O) groups excluding carboxylic acids is 1. The summed E-state index contributed by atoms with van der Waals surface area (Å²) in [6.07, 6.45) is 2.92. The van der Waals surface area contributed by atoms with E-state index < -0.39 is 0 Å². The van der Waals surface area contributed by atoms with Crippen molar-refractivity contribution in [2.24, 2.45) is 11.7 Å². The molecule has 4 heteroatoms. The summed E-state index contributed by atoms with van der Waals surface area (Å²) in [5, 5.41) is 2.99. The monoisotopic (exact) mass is 268 g/mol. The van der Waals surface area contributed by atoms with Gasteiger partial charge in [-0.25, -0.2) is 0 Å². The maximum atomic E-state index is 11.9. The minimum Gasteiger partial charge on any atom is -0.351 e. The van der Waals surface area contributed by atoms with Crippen LogP contribution >= 0.6 is 11.3 Å². The molecule has 0 radical (unpaired) electrons. The smallest absolute Gasteiger partial charge is 0.223 e. The Kier molecular flexibility index (Phi) is 6.36. The topological polar surface area (TPSA) is 55.1 Å². The third-order valence-corrected chi connectivity index (χ3v) is 3.98. The SMILES string of the molecule is Cc1ccc(CNC(=O)C(C)CCCC(C)N)s1. The first-order valence-electron chi connectivity index (χ1n) is 6.57. The molecule has 3 nitrogen and oxygen atoms in total. The van der Waals surface area contributed by atoms with Gasteiger partial charge in [0.2, 0.25) is 5.91 Å². The van der Waals surface area contributed by atoms with E-state index in [0.717, 1.165) is 19.3 Å². The van der Waals surface area contributed by atoms with Crippen LogP contribution in [0.3, 0.4) is 0 Å². The van der Waals surface area contributed by atoms with E-state index in [1.807, 2.05) is 13.8 Å². The summed E-state index contributed by atoms with van der Waals surface area (Å²) in [4.78, 5) is 14.4. The molecule has 0 aliphatic carbocycles. The first-order chi connectivity index (χ1) is 8.49. The van der Waals surface area contributed by atoms with Crippen LogP contribution in [-0.2, 0) is 11.3 Å². The van der Waals surface area contributed by atoms with Crippen LogP contribution in [0.25, 0.3) is 0 Å². The second-order valence-electron chi connectivity index (χ2n) is 5.04. The third-order valence-electron chi connectivity index (χ3n) is 2.98. The summed E-state index contributed by atoms with van der Waals surface area (Å²) >= 11 is 1.73. The van der Waals surface area contributed by atoms with Crippen LogP contribution in [0.15, 0.2) is 12.1 Å². The van der Waals surface area contributed by atoms with Gasteiger partial charge >= 0.3 is 0 Å². The first kappa shape index (κ1) is 15.2. The lowest BCUT2D eigenvalue weighted by atomic mass is 10.0. The van der Waals surface area contributed by atoms with Crippen molar-refractivity contribution in [1.29, 1.82) is 0 Å². The largest absolute Gasteiger partial charge is 0.351 e. The molecule has 2 atom stereocenters. The van der Waals surface area contributed by atoms with Gasteiger partial charge in [-0.3, -0.25) is 4.79 Å². The molecule has 0 aliphatic rings. The Morgan fingerprint density at radius 2 is 2.11 bits per heavy atom. The summed E-state index contributed by atoms with van der Waals surface area (Å²) < 4.78 is 0. The number of hydrogen-bond acceptors (Lipinski definition) is 3. The average Bonchev–Trinajstić information content (AvgIpc) is 2.71. The number of thiophene rings is 1. The zero-order chi connectivity index (χ0) is 13.5. The van der Waals surface area contributed by atoms with Crippen LogP contribution in [0.1, 0.15) is 42.9 Å². The molecule has 0 saturated carbocycles. The van der Waals surface area contributed by atoms with Gasteiger partial charge in [-0.05, 0) is 38.8 Å². The second kappa shape index (κ2) is 7.54. The maximum Gasteiger partial charge on any atom is 0.223 e. The van der Waals surface area contributed by atoms with E-state index >= 15 is 0 Å². The quantitative estimate of drug-likeness (QED) is 0.799. The van der Waals surface area contributed by atoms with Gasteiger partial charge in [0.1, 0.15) is 0 Å². The molecule has 0 saturated heterocycles. The molecule has 1 heterocycles. The molecule has 1 aromatic heterocycles. The van der Waals surface area contributed by atoms with Gasteiger partial charge in [0.05, 0.1) is 6.54 Å². The minimum absolute atomic E-state index is 0.0739. The fourth-order valence-corrected chi connectivity index (χ4v) is 2.64. The number of nitrogens with two attached hydrogens (primary N) is 1. The molecule has 0 aliphatic heterocycles. The summed E-state index contributed by atoms with van der Waals surface area (Å²) in [5.41, 5.74) is 5.69. The standard InChI is InChI=1S/C14H24N2OS/c1-10(5-4-6-11(2)15)14(17)16-9-13-8-7-12(3)18-13/h7-8,10-11H,4-6,9,15H2,1-3H3,(H,16,17). The highest BCUT2D eigenvalue weighted by Gasteiger charge is 2.12. The molecule has 1 aromatic rings. The Balaban J connectivity index is 2.23. The summed E-state index contributed by atoms with van der Waals surface area (Å²) in [5.74, 6) is 0.218. The van der Waals surface area contributed by atoms with Gasteiger partial charge < -0.3 is 11.1 Å². The van der Waals surface area contributed by atoms with E-state index in [1.165, 1.54) is 9.75 Å². The lowest BCUT2D eigenvalue weighted by Crippen LogP contribution is -2.28. The Morgan fingerprint density at radius 3 is 2.67 bits per heavy atom. The molecule has 0 aromatic carbocycles. The first-order valence-corrected chi connectivity index (χ1v) is 7.39. The van der Waals surface area contributed by atoms with E-state index in [2.05, 4.69) is 24.4 Å². The zero-order valence-electron chi connectivity index (χ0n) is 11.5. The molecule has 3 N–H and O–H groups in total. The van der Waals surface area contributed by atoms with E-state index in [1.54, 1.807) is 11.3 Å². The van der Waals surface area contributed by atoms with Crippen molar-refractivity contribution in [3.05, 3.63) is 21.9 Å². The van der Waals surface area contributed by atoms with Crippen LogP contribution in [0.4, 0.5) is 0 Å². The average molecular weight is 268 g/mol. The van der Waals surface area contributed by atoms with Gasteiger partial charge in [-0.2, -0.15) is 0 Å². The number of amides is 1. The predicted molar refractivity (Wildman–Crippen MR) is 77.6 cm³/mol. The number of carbonyl (C=O) groups is 1. The third kappa shape index (κ3) is 5.65. The molecular formula is C14H24N2OS. The van der Waals surface area contributed by atoms with Crippen LogP contribution in [0.5, 0.6) is 0 Å². The molecule has 18 heavy (non-hydrogen) atoms. The van der Waals surface area contributed by atoms with Gasteiger partial charge in [-0.1, -0.05) is 13.3 Å². The summed E-state index contributed by atoms with van der Waals surface area (Å²) in [6.45, 7) is 6.71. The molecule has 102 valence electrons. The highest BCUT2D eigenvalue weighted by molar-refractivity contribution is 7.11. The van der Waals surface area contributed by atoms with Gasteiger partial charge in [0.15, 0.2) is 0 Å². The lowest BCUT2D eigenvalue weighted by molar-refractivity contribution is -0.124. The second-order valence-corrected chi connectivity index (χ2v) is 6.41. The minimum atomic E-state index is 0.0739.